The number of halogens is 1. The fraction of sp³-hybridized carbons (Fsp3) is 0.250. The molecule has 13 heavy (non-hydrogen) atoms. The number of aromatic carboxylic acids is 1. The van der Waals surface area contributed by atoms with Crippen molar-refractivity contribution in [3.63, 3.8) is 0 Å². The Morgan fingerprint density at radius 3 is 2.69 bits per heavy atom. The van der Waals surface area contributed by atoms with Gasteiger partial charge in [0, 0.05) is 12.4 Å². The highest BCUT2D eigenvalue weighted by atomic mass is 35.5. The molecule has 0 saturated heterocycles. The first-order valence-electron chi connectivity index (χ1n) is 3.52. The number of hydrogen-bond acceptors (Lipinski definition) is 3. The van der Waals surface area contributed by atoms with E-state index in [0.29, 0.717) is 16.3 Å². The lowest BCUT2D eigenvalue weighted by Gasteiger charge is -1.95. The normalized spacial score (nSPS) is 11.8. The molecule has 0 bridgehead atoms. The molecule has 0 spiro atoms. The van der Waals surface area contributed by atoms with Crippen LogP contribution in [0.3, 0.4) is 0 Å². The van der Waals surface area contributed by atoms with Crippen LogP contribution in [-0.4, -0.2) is 23.3 Å². The zero-order chi connectivity index (χ0) is 10.0. The van der Waals surface area contributed by atoms with Crippen molar-refractivity contribution in [2.24, 2.45) is 4.99 Å². The molecule has 5 heteroatoms. The molecule has 3 nitrogen and oxygen atoms in total. The summed E-state index contributed by atoms with van der Waals surface area (Å²) < 4.78 is 0. The predicted octanol–water partition coefficient (Wildman–Crippen LogP) is 2.37. The minimum atomic E-state index is -0.930. The Morgan fingerprint density at radius 2 is 2.31 bits per heavy atom. The number of rotatable bonds is 2. The zero-order valence-corrected chi connectivity index (χ0v) is 8.74. The minimum Gasteiger partial charge on any atom is -0.478 e. The summed E-state index contributed by atoms with van der Waals surface area (Å²) in [5, 5.41) is 10.7. The lowest BCUT2D eigenvalue weighted by atomic mass is 10.2. The van der Waals surface area contributed by atoms with Crippen molar-refractivity contribution in [2.45, 2.75) is 6.92 Å². The monoisotopic (exact) mass is 217 g/mol. The van der Waals surface area contributed by atoms with Crippen LogP contribution in [-0.2, 0) is 0 Å². The second-order valence-electron chi connectivity index (χ2n) is 2.42. The van der Waals surface area contributed by atoms with Crippen LogP contribution in [0.4, 0.5) is 0 Å². The Bertz CT molecular complexity index is 370. The van der Waals surface area contributed by atoms with Crippen LogP contribution in [0.25, 0.3) is 0 Å². The number of nitrogens with zero attached hydrogens (tertiary/aromatic N) is 1. The van der Waals surface area contributed by atoms with Gasteiger partial charge < -0.3 is 5.11 Å². The third kappa shape index (κ3) is 1.89. The smallest absolute Gasteiger partial charge is 0.336 e. The summed E-state index contributed by atoms with van der Waals surface area (Å²) in [7, 11) is 1.57. The van der Waals surface area contributed by atoms with Gasteiger partial charge in [-0.2, -0.15) is 0 Å². The van der Waals surface area contributed by atoms with Crippen molar-refractivity contribution in [3.05, 3.63) is 21.4 Å². The maximum Gasteiger partial charge on any atom is 0.336 e. The van der Waals surface area contributed by atoms with Gasteiger partial charge in [-0.1, -0.05) is 11.6 Å². The standard InChI is InChI=1S/C8H8ClNO2S/c1-4-5(8(11)12)3-13-6(4)7(9)10-2/h3H,1-2H3,(H,11,12)/b10-7+. The van der Waals surface area contributed by atoms with E-state index in [1.807, 2.05) is 0 Å². The van der Waals surface area contributed by atoms with Gasteiger partial charge in [-0.3, -0.25) is 4.99 Å². The van der Waals surface area contributed by atoms with E-state index in [9.17, 15) is 4.79 Å². The molecule has 0 fully saturated rings. The Hall–Kier alpha value is -0.870. The first-order valence-corrected chi connectivity index (χ1v) is 4.77. The first-order chi connectivity index (χ1) is 6.07. The van der Waals surface area contributed by atoms with E-state index >= 15 is 0 Å². The molecule has 0 unspecified atom stereocenters. The van der Waals surface area contributed by atoms with E-state index in [-0.39, 0.29) is 0 Å². The second-order valence-corrected chi connectivity index (χ2v) is 3.66. The summed E-state index contributed by atoms with van der Waals surface area (Å²) in [5.74, 6) is -0.930. The molecule has 0 aliphatic heterocycles. The highest BCUT2D eigenvalue weighted by molar-refractivity contribution is 7.14. The predicted molar refractivity (Wildman–Crippen MR) is 54.3 cm³/mol. The lowest BCUT2D eigenvalue weighted by molar-refractivity contribution is 0.0697. The van der Waals surface area contributed by atoms with E-state index in [4.69, 9.17) is 16.7 Å². The molecule has 70 valence electrons. The van der Waals surface area contributed by atoms with Crippen LogP contribution in [0.5, 0.6) is 0 Å². The van der Waals surface area contributed by atoms with E-state index in [1.165, 1.54) is 11.3 Å². The van der Waals surface area contributed by atoms with Gasteiger partial charge in [0.1, 0.15) is 5.17 Å². The Morgan fingerprint density at radius 1 is 1.69 bits per heavy atom. The van der Waals surface area contributed by atoms with E-state index in [0.717, 1.165) is 4.88 Å². The van der Waals surface area contributed by atoms with Gasteiger partial charge >= 0.3 is 5.97 Å². The van der Waals surface area contributed by atoms with Crippen LogP contribution < -0.4 is 0 Å². The molecule has 1 N–H and O–H groups in total. The maximum atomic E-state index is 10.7. The number of aliphatic imine (C=N–C) groups is 1. The van der Waals surface area contributed by atoms with Crippen LogP contribution in [0.1, 0.15) is 20.8 Å². The fourth-order valence-corrected chi connectivity index (χ4v) is 2.20. The van der Waals surface area contributed by atoms with Crippen LogP contribution >= 0.6 is 22.9 Å². The number of carbonyl (C=O) groups is 1. The molecule has 0 atom stereocenters. The van der Waals surface area contributed by atoms with E-state index in [2.05, 4.69) is 4.99 Å². The molecule has 1 aromatic rings. The van der Waals surface area contributed by atoms with Crippen molar-refractivity contribution in [2.75, 3.05) is 7.05 Å². The average Bonchev–Trinajstić information content (AvgIpc) is 2.46. The quantitative estimate of drug-likeness (QED) is 0.774. The van der Waals surface area contributed by atoms with Crippen molar-refractivity contribution in [1.82, 2.24) is 0 Å². The average molecular weight is 218 g/mol. The number of carboxylic acid groups (broad SMARTS) is 1. The summed E-state index contributed by atoms with van der Waals surface area (Å²) in [5.41, 5.74) is 0.968. The number of carboxylic acids is 1. The Kier molecular flexibility index (Phi) is 3.06. The molecule has 0 amide bonds. The highest BCUT2D eigenvalue weighted by Crippen LogP contribution is 2.23. The molecular weight excluding hydrogens is 210 g/mol. The molecule has 0 saturated carbocycles. The van der Waals surface area contributed by atoms with Gasteiger partial charge in [-0.25, -0.2) is 4.79 Å². The van der Waals surface area contributed by atoms with Gasteiger partial charge in [0.05, 0.1) is 10.4 Å². The number of hydrogen-bond donors (Lipinski definition) is 1. The van der Waals surface area contributed by atoms with Crippen molar-refractivity contribution in [3.8, 4) is 0 Å². The second kappa shape index (κ2) is 3.89. The fourth-order valence-electron chi connectivity index (χ4n) is 0.933. The van der Waals surface area contributed by atoms with Crippen molar-refractivity contribution in [1.29, 1.82) is 0 Å². The van der Waals surface area contributed by atoms with Gasteiger partial charge in [0.15, 0.2) is 0 Å². The van der Waals surface area contributed by atoms with E-state index in [1.54, 1.807) is 19.4 Å². The molecule has 0 radical (unpaired) electrons. The van der Waals surface area contributed by atoms with Gasteiger partial charge in [0.25, 0.3) is 0 Å². The van der Waals surface area contributed by atoms with Gasteiger partial charge in [-0.15, -0.1) is 11.3 Å². The van der Waals surface area contributed by atoms with Gasteiger partial charge in [-0.05, 0) is 12.5 Å². The summed E-state index contributed by atoms with van der Waals surface area (Å²) in [6.45, 7) is 1.73. The minimum absolute atomic E-state index is 0.293. The summed E-state index contributed by atoms with van der Waals surface area (Å²) in [6, 6.07) is 0. The largest absolute Gasteiger partial charge is 0.478 e. The Labute approximate surface area is 84.7 Å². The molecule has 1 heterocycles. The topological polar surface area (TPSA) is 49.7 Å². The van der Waals surface area contributed by atoms with Crippen molar-refractivity contribution >= 4 is 34.1 Å². The number of thiophene rings is 1. The van der Waals surface area contributed by atoms with Crippen molar-refractivity contribution < 1.29 is 9.90 Å². The molecule has 1 rings (SSSR count). The zero-order valence-electron chi connectivity index (χ0n) is 7.17. The SMILES string of the molecule is C/N=C(/Cl)c1scc(C(=O)O)c1C. The van der Waals surface area contributed by atoms with Gasteiger partial charge in [0.2, 0.25) is 0 Å². The molecule has 1 aromatic heterocycles. The van der Waals surface area contributed by atoms with E-state index < -0.39 is 5.97 Å². The Balaban J connectivity index is 3.21. The molecule has 0 aliphatic carbocycles. The molecular formula is C8H8ClNO2S. The van der Waals surface area contributed by atoms with Crippen LogP contribution in [0.2, 0.25) is 0 Å². The maximum absolute atomic E-state index is 10.7. The third-order valence-corrected chi connectivity index (χ3v) is 3.21. The third-order valence-electron chi connectivity index (χ3n) is 1.65. The van der Waals surface area contributed by atoms with Crippen LogP contribution in [0, 0.1) is 6.92 Å². The lowest BCUT2D eigenvalue weighted by Crippen LogP contribution is -1.98. The molecule has 0 aliphatic rings. The molecule has 0 aromatic carbocycles. The highest BCUT2D eigenvalue weighted by Gasteiger charge is 2.15. The summed E-state index contributed by atoms with van der Waals surface area (Å²) in [4.78, 5) is 15.2. The first kappa shape index (κ1) is 10.2. The summed E-state index contributed by atoms with van der Waals surface area (Å²) >= 11 is 7.08. The summed E-state index contributed by atoms with van der Waals surface area (Å²) in [6.07, 6.45) is 0. The van der Waals surface area contributed by atoms with Crippen LogP contribution in [0.15, 0.2) is 10.4 Å².